The molecular weight excluding hydrogens is 272 g/mol. The lowest BCUT2D eigenvalue weighted by Gasteiger charge is -2.10. The van der Waals surface area contributed by atoms with Gasteiger partial charge < -0.3 is 4.74 Å². The summed E-state index contributed by atoms with van der Waals surface area (Å²) in [7, 11) is 1.64. The van der Waals surface area contributed by atoms with Crippen molar-refractivity contribution < 1.29 is 4.74 Å². The Balaban J connectivity index is 2.23. The molecule has 6 heteroatoms. The van der Waals surface area contributed by atoms with Crippen LogP contribution in [0.15, 0.2) is 11.6 Å². The Morgan fingerprint density at radius 1 is 1.25 bits per heavy atom. The molecule has 0 atom stereocenters. The van der Waals surface area contributed by atoms with Crippen molar-refractivity contribution in [3.8, 4) is 16.6 Å². The number of imidazole rings is 1. The molecule has 0 N–H and O–H groups in total. The lowest BCUT2D eigenvalue weighted by atomic mass is 10.2. The second kappa shape index (κ2) is 4.86. The van der Waals surface area contributed by atoms with Crippen LogP contribution >= 0.6 is 11.3 Å². The van der Waals surface area contributed by atoms with Crippen LogP contribution in [0.5, 0.6) is 5.88 Å². The number of thiazole rings is 1. The van der Waals surface area contributed by atoms with E-state index in [-0.39, 0.29) is 0 Å². The van der Waals surface area contributed by atoms with Gasteiger partial charge >= 0.3 is 0 Å². The van der Waals surface area contributed by atoms with Gasteiger partial charge in [0.2, 0.25) is 11.7 Å². The van der Waals surface area contributed by atoms with Crippen LogP contribution in [-0.4, -0.2) is 26.5 Å². The molecule has 0 bridgehead atoms. The van der Waals surface area contributed by atoms with Crippen LogP contribution in [-0.2, 0) is 6.42 Å². The fourth-order valence-electron chi connectivity index (χ4n) is 2.31. The summed E-state index contributed by atoms with van der Waals surface area (Å²) in [6.45, 7) is 6.15. The monoisotopic (exact) mass is 288 g/mol. The van der Waals surface area contributed by atoms with Gasteiger partial charge in [0.1, 0.15) is 10.7 Å². The van der Waals surface area contributed by atoms with Crippen LogP contribution in [0.1, 0.15) is 23.9 Å². The molecule has 20 heavy (non-hydrogen) atoms. The van der Waals surface area contributed by atoms with Gasteiger partial charge in [0.15, 0.2) is 0 Å². The van der Waals surface area contributed by atoms with E-state index < -0.39 is 0 Å². The lowest BCUT2D eigenvalue weighted by molar-refractivity contribution is 0.392. The molecular formula is C14H16N4OS. The van der Waals surface area contributed by atoms with E-state index in [1.54, 1.807) is 18.4 Å². The molecule has 0 fully saturated rings. The van der Waals surface area contributed by atoms with E-state index in [4.69, 9.17) is 4.74 Å². The van der Waals surface area contributed by atoms with Crippen LogP contribution < -0.4 is 4.74 Å². The molecule has 0 spiro atoms. The Morgan fingerprint density at radius 2 is 2.05 bits per heavy atom. The maximum atomic E-state index is 5.37. The standard InChI is InChI=1S/C14H16N4OS/c1-5-10-9(3)18-6-11(13-15-8(2)7-20-13)16-14(18)17-12(10)19-4/h6-7H,5H2,1-4H3. The van der Waals surface area contributed by atoms with E-state index in [1.807, 2.05) is 22.9 Å². The second-order valence-corrected chi connectivity index (χ2v) is 5.49. The van der Waals surface area contributed by atoms with Crippen LogP contribution in [0.3, 0.4) is 0 Å². The zero-order valence-corrected chi connectivity index (χ0v) is 12.8. The van der Waals surface area contributed by atoms with Crippen molar-refractivity contribution in [2.24, 2.45) is 0 Å². The van der Waals surface area contributed by atoms with E-state index in [0.717, 1.165) is 34.1 Å². The molecule has 0 aliphatic rings. The average Bonchev–Trinajstić information content (AvgIpc) is 3.04. The molecule has 0 aliphatic heterocycles. The van der Waals surface area contributed by atoms with Gasteiger partial charge in [-0.3, -0.25) is 4.40 Å². The number of aryl methyl sites for hydroxylation is 2. The number of rotatable bonds is 3. The summed E-state index contributed by atoms with van der Waals surface area (Å²) < 4.78 is 7.37. The van der Waals surface area contributed by atoms with Gasteiger partial charge in [0.05, 0.1) is 7.11 Å². The minimum absolute atomic E-state index is 0.652. The number of hydrogen-bond donors (Lipinski definition) is 0. The van der Waals surface area contributed by atoms with Crippen LogP contribution in [0, 0.1) is 13.8 Å². The third-order valence-electron chi connectivity index (χ3n) is 3.33. The van der Waals surface area contributed by atoms with Crippen molar-refractivity contribution >= 4 is 17.1 Å². The van der Waals surface area contributed by atoms with E-state index in [9.17, 15) is 0 Å². The number of fused-ring (bicyclic) bond motifs is 1. The Morgan fingerprint density at radius 3 is 2.65 bits per heavy atom. The fraction of sp³-hybridized carbons (Fsp3) is 0.357. The van der Waals surface area contributed by atoms with E-state index in [1.165, 1.54) is 0 Å². The Labute approximate surface area is 121 Å². The number of hydrogen-bond acceptors (Lipinski definition) is 5. The SMILES string of the molecule is CCc1c(OC)nc2nc(-c3nc(C)cs3)cn2c1C. The fourth-order valence-corrected chi connectivity index (χ4v) is 3.06. The number of methoxy groups -OCH3 is 1. The molecule has 0 saturated heterocycles. The summed E-state index contributed by atoms with van der Waals surface area (Å²) in [4.78, 5) is 13.5. The maximum absolute atomic E-state index is 5.37. The van der Waals surface area contributed by atoms with Gasteiger partial charge in [-0.05, 0) is 20.3 Å². The summed E-state index contributed by atoms with van der Waals surface area (Å²) in [5, 5.41) is 2.95. The maximum Gasteiger partial charge on any atom is 0.237 e. The summed E-state index contributed by atoms with van der Waals surface area (Å²) in [5.74, 6) is 1.31. The third kappa shape index (κ3) is 1.96. The van der Waals surface area contributed by atoms with Crippen molar-refractivity contribution in [2.75, 3.05) is 7.11 Å². The first-order valence-corrected chi connectivity index (χ1v) is 7.37. The quantitative estimate of drug-likeness (QED) is 0.743. The number of nitrogens with zero attached hydrogens (tertiary/aromatic N) is 4. The molecule has 0 radical (unpaired) electrons. The molecule has 0 unspecified atom stereocenters. The normalized spacial score (nSPS) is 11.2. The zero-order chi connectivity index (χ0) is 14.3. The van der Waals surface area contributed by atoms with Gasteiger partial charge in [-0.2, -0.15) is 4.98 Å². The summed E-state index contributed by atoms with van der Waals surface area (Å²) in [5.41, 5.74) is 4.09. The highest BCUT2D eigenvalue weighted by Crippen LogP contribution is 2.26. The minimum atomic E-state index is 0.652. The molecule has 3 aromatic heterocycles. The van der Waals surface area contributed by atoms with Gasteiger partial charge in [0, 0.05) is 28.5 Å². The molecule has 0 aromatic carbocycles. The van der Waals surface area contributed by atoms with Gasteiger partial charge in [-0.15, -0.1) is 11.3 Å². The predicted octanol–water partition coefficient (Wildman–Crippen LogP) is 3.04. The smallest absolute Gasteiger partial charge is 0.237 e. The second-order valence-electron chi connectivity index (χ2n) is 4.63. The van der Waals surface area contributed by atoms with Crippen molar-refractivity contribution in [3.63, 3.8) is 0 Å². The molecule has 0 aliphatic carbocycles. The van der Waals surface area contributed by atoms with Gasteiger partial charge in [0.25, 0.3) is 0 Å². The number of aromatic nitrogens is 4. The van der Waals surface area contributed by atoms with Gasteiger partial charge in [-0.25, -0.2) is 9.97 Å². The first-order valence-electron chi connectivity index (χ1n) is 6.49. The van der Waals surface area contributed by atoms with Crippen molar-refractivity contribution in [1.82, 2.24) is 19.4 Å². The van der Waals surface area contributed by atoms with Crippen LogP contribution in [0.25, 0.3) is 16.5 Å². The Hall–Kier alpha value is -1.95. The van der Waals surface area contributed by atoms with Crippen molar-refractivity contribution in [1.29, 1.82) is 0 Å². The topological polar surface area (TPSA) is 52.3 Å². The lowest BCUT2D eigenvalue weighted by Crippen LogP contribution is -2.03. The molecule has 5 nitrogen and oxygen atoms in total. The summed E-state index contributed by atoms with van der Waals surface area (Å²) >= 11 is 1.60. The van der Waals surface area contributed by atoms with E-state index in [2.05, 4.69) is 28.8 Å². The molecule has 104 valence electrons. The largest absolute Gasteiger partial charge is 0.481 e. The predicted molar refractivity (Wildman–Crippen MR) is 79.5 cm³/mol. The molecule has 3 heterocycles. The third-order valence-corrected chi connectivity index (χ3v) is 4.31. The molecule has 3 rings (SSSR count). The van der Waals surface area contributed by atoms with Crippen molar-refractivity contribution in [2.45, 2.75) is 27.2 Å². The van der Waals surface area contributed by atoms with Crippen molar-refractivity contribution in [3.05, 3.63) is 28.5 Å². The molecule has 0 amide bonds. The van der Waals surface area contributed by atoms with Gasteiger partial charge in [-0.1, -0.05) is 6.92 Å². The zero-order valence-electron chi connectivity index (χ0n) is 12.0. The van der Waals surface area contributed by atoms with Crippen LogP contribution in [0.2, 0.25) is 0 Å². The average molecular weight is 288 g/mol. The van der Waals surface area contributed by atoms with E-state index in [0.29, 0.717) is 11.7 Å². The summed E-state index contributed by atoms with van der Waals surface area (Å²) in [6.07, 6.45) is 2.87. The van der Waals surface area contributed by atoms with Crippen LogP contribution in [0.4, 0.5) is 0 Å². The first kappa shape index (κ1) is 13.1. The highest BCUT2D eigenvalue weighted by Gasteiger charge is 2.15. The molecule has 0 saturated carbocycles. The first-order chi connectivity index (χ1) is 9.63. The van der Waals surface area contributed by atoms with E-state index >= 15 is 0 Å². The number of ether oxygens (including phenoxy) is 1. The minimum Gasteiger partial charge on any atom is -0.481 e. The molecule has 3 aromatic rings. The summed E-state index contributed by atoms with van der Waals surface area (Å²) in [6, 6.07) is 0. The highest BCUT2D eigenvalue weighted by atomic mass is 32.1. The Kier molecular flexibility index (Phi) is 3.17. The highest BCUT2D eigenvalue weighted by molar-refractivity contribution is 7.13. The Bertz CT molecular complexity index is 775.